The number of halogens is 3. The van der Waals surface area contributed by atoms with Crippen LogP contribution in [0.4, 0.5) is 24.5 Å². The van der Waals surface area contributed by atoms with Crippen LogP contribution in [0.5, 0.6) is 0 Å². The smallest absolute Gasteiger partial charge is 0.325 e. The molecule has 0 bridgehead atoms. The minimum Gasteiger partial charge on any atom is -0.325 e. The lowest BCUT2D eigenvalue weighted by Crippen LogP contribution is -2.38. The van der Waals surface area contributed by atoms with Crippen LogP contribution in [0, 0.1) is 0 Å². The van der Waals surface area contributed by atoms with E-state index in [-0.39, 0.29) is 16.3 Å². The SMILES string of the molecule is O=C(CN(c1ccccc1)S(=O)(=O)c1ccccc1)Nc1ccc(C(F)(F)F)cc1. The summed E-state index contributed by atoms with van der Waals surface area (Å²) < 4.78 is 65.2. The molecule has 0 saturated carbocycles. The van der Waals surface area contributed by atoms with E-state index in [1.165, 1.54) is 12.1 Å². The third-order valence-corrected chi connectivity index (χ3v) is 5.95. The zero-order valence-corrected chi connectivity index (χ0v) is 16.3. The number of nitrogens with zero attached hydrogens (tertiary/aromatic N) is 1. The van der Waals surface area contributed by atoms with Crippen molar-refractivity contribution in [2.24, 2.45) is 0 Å². The number of carbonyl (C=O) groups excluding carboxylic acids is 1. The third-order valence-electron chi connectivity index (χ3n) is 4.16. The highest BCUT2D eigenvalue weighted by Gasteiger charge is 2.30. The van der Waals surface area contributed by atoms with Crippen LogP contribution in [0.15, 0.2) is 89.8 Å². The zero-order chi connectivity index (χ0) is 21.8. The molecule has 0 radical (unpaired) electrons. The minimum atomic E-state index is -4.49. The third kappa shape index (κ3) is 4.98. The van der Waals surface area contributed by atoms with Crippen molar-refractivity contribution >= 4 is 27.3 Å². The molecular formula is C21H17F3N2O3S. The maximum absolute atomic E-state index is 13.1. The van der Waals surface area contributed by atoms with Crippen LogP contribution in [0.25, 0.3) is 0 Å². The summed E-state index contributed by atoms with van der Waals surface area (Å²) >= 11 is 0. The number of carbonyl (C=O) groups is 1. The van der Waals surface area contributed by atoms with Gasteiger partial charge in [0.1, 0.15) is 6.54 Å². The van der Waals surface area contributed by atoms with Crippen LogP contribution in [0.2, 0.25) is 0 Å². The highest BCUT2D eigenvalue weighted by molar-refractivity contribution is 7.92. The minimum absolute atomic E-state index is 0.0104. The highest BCUT2D eigenvalue weighted by atomic mass is 32.2. The Kier molecular flexibility index (Phi) is 6.12. The second kappa shape index (κ2) is 8.58. The molecule has 5 nitrogen and oxygen atoms in total. The predicted octanol–water partition coefficient (Wildman–Crippen LogP) is 4.54. The van der Waals surface area contributed by atoms with Crippen molar-refractivity contribution in [1.29, 1.82) is 0 Å². The van der Waals surface area contributed by atoms with Crippen LogP contribution in [0.1, 0.15) is 5.56 Å². The molecule has 0 aliphatic heterocycles. The van der Waals surface area contributed by atoms with E-state index >= 15 is 0 Å². The van der Waals surface area contributed by atoms with Crippen LogP contribution < -0.4 is 9.62 Å². The van der Waals surface area contributed by atoms with E-state index in [2.05, 4.69) is 5.32 Å². The Morgan fingerprint density at radius 2 is 1.37 bits per heavy atom. The second-order valence-electron chi connectivity index (χ2n) is 6.28. The van der Waals surface area contributed by atoms with Gasteiger partial charge in [-0.1, -0.05) is 36.4 Å². The lowest BCUT2D eigenvalue weighted by molar-refractivity contribution is -0.137. The number of rotatable bonds is 6. The van der Waals surface area contributed by atoms with Gasteiger partial charge in [-0.05, 0) is 48.5 Å². The van der Waals surface area contributed by atoms with Crippen LogP contribution in [-0.4, -0.2) is 20.9 Å². The van der Waals surface area contributed by atoms with Crippen molar-refractivity contribution in [1.82, 2.24) is 0 Å². The Morgan fingerprint density at radius 1 is 0.833 bits per heavy atom. The van der Waals surface area contributed by atoms with Crippen LogP contribution in [-0.2, 0) is 21.0 Å². The number of sulfonamides is 1. The number of hydrogen-bond acceptors (Lipinski definition) is 3. The molecule has 3 aromatic rings. The molecule has 0 spiro atoms. The van der Waals surface area contributed by atoms with Gasteiger partial charge < -0.3 is 5.32 Å². The second-order valence-corrected chi connectivity index (χ2v) is 8.15. The monoisotopic (exact) mass is 434 g/mol. The summed E-state index contributed by atoms with van der Waals surface area (Å²) in [5, 5.41) is 2.43. The van der Waals surface area contributed by atoms with Crippen molar-refractivity contribution in [3.8, 4) is 0 Å². The fourth-order valence-electron chi connectivity index (χ4n) is 2.70. The summed E-state index contributed by atoms with van der Waals surface area (Å²) in [5.74, 6) is -0.696. The van der Waals surface area contributed by atoms with Crippen molar-refractivity contribution in [3.63, 3.8) is 0 Å². The molecule has 0 aliphatic rings. The molecule has 156 valence electrons. The van der Waals surface area contributed by atoms with E-state index in [4.69, 9.17) is 0 Å². The predicted molar refractivity (Wildman–Crippen MR) is 107 cm³/mol. The molecule has 9 heteroatoms. The van der Waals surface area contributed by atoms with E-state index in [1.54, 1.807) is 48.5 Å². The Morgan fingerprint density at radius 3 is 1.90 bits per heavy atom. The number of alkyl halides is 3. The molecule has 1 N–H and O–H groups in total. The Bertz CT molecular complexity index is 1100. The van der Waals surface area contributed by atoms with Gasteiger partial charge in [0.05, 0.1) is 16.1 Å². The Balaban J connectivity index is 1.84. The molecule has 0 aromatic heterocycles. The van der Waals surface area contributed by atoms with Gasteiger partial charge in [-0.3, -0.25) is 9.10 Å². The molecule has 0 fully saturated rings. The summed E-state index contributed by atoms with van der Waals surface area (Å²) in [7, 11) is -4.04. The van der Waals surface area contributed by atoms with Gasteiger partial charge >= 0.3 is 6.18 Å². The zero-order valence-electron chi connectivity index (χ0n) is 15.5. The molecule has 1 amide bonds. The lowest BCUT2D eigenvalue weighted by atomic mass is 10.2. The van der Waals surface area contributed by atoms with Crippen molar-refractivity contribution in [3.05, 3.63) is 90.5 Å². The number of para-hydroxylation sites is 1. The lowest BCUT2D eigenvalue weighted by Gasteiger charge is -2.24. The Hall–Kier alpha value is -3.33. The van der Waals surface area contributed by atoms with Gasteiger partial charge in [0.2, 0.25) is 5.91 Å². The van der Waals surface area contributed by atoms with Crippen LogP contribution >= 0.6 is 0 Å². The van der Waals surface area contributed by atoms with E-state index in [1.807, 2.05) is 0 Å². The van der Waals surface area contributed by atoms with E-state index in [9.17, 15) is 26.4 Å². The molecule has 0 unspecified atom stereocenters. The summed E-state index contributed by atoms with van der Waals surface area (Å²) in [4.78, 5) is 12.5. The fraction of sp³-hybridized carbons (Fsp3) is 0.0952. The van der Waals surface area contributed by atoms with Gasteiger partial charge in [0.25, 0.3) is 10.0 Å². The maximum atomic E-state index is 13.1. The van der Waals surface area contributed by atoms with Crippen molar-refractivity contribution in [2.75, 3.05) is 16.2 Å². The molecule has 3 aromatic carbocycles. The number of benzene rings is 3. The fourth-order valence-corrected chi connectivity index (χ4v) is 4.14. The average Bonchev–Trinajstić information content (AvgIpc) is 2.73. The van der Waals surface area contributed by atoms with E-state index < -0.39 is 34.2 Å². The standard InChI is InChI=1S/C21H17F3N2O3S/c22-21(23,24)16-11-13-17(14-12-16)25-20(27)15-26(18-7-3-1-4-8-18)30(28,29)19-9-5-2-6-10-19/h1-14H,15H2,(H,25,27). The van der Waals surface area contributed by atoms with Gasteiger partial charge in [0.15, 0.2) is 0 Å². The summed E-state index contributed by atoms with van der Waals surface area (Å²) in [6.07, 6.45) is -4.49. The van der Waals surface area contributed by atoms with Gasteiger partial charge in [-0.15, -0.1) is 0 Å². The van der Waals surface area contributed by atoms with Crippen LogP contribution in [0.3, 0.4) is 0 Å². The quantitative estimate of drug-likeness (QED) is 0.620. The summed E-state index contributed by atoms with van der Waals surface area (Å²) in [5.41, 5.74) is -0.444. The van der Waals surface area contributed by atoms with Gasteiger partial charge in [-0.2, -0.15) is 13.2 Å². The average molecular weight is 434 g/mol. The molecule has 0 heterocycles. The first kappa shape index (κ1) is 21.4. The number of hydrogen-bond donors (Lipinski definition) is 1. The molecule has 30 heavy (non-hydrogen) atoms. The molecule has 0 saturated heterocycles. The topological polar surface area (TPSA) is 66.5 Å². The van der Waals surface area contributed by atoms with Crippen molar-refractivity contribution in [2.45, 2.75) is 11.1 Å². The van der Waals surface area contributed by atoms with E-state index in [0.717, 1.165) is 28.6 Å². The summed E-state index contributed by atoms with van der Waals surface area (Å²) in [6, 6.07) is 19.6. The maximum Gasteiger partial charge on any atom is 0.416 e. The highest BCUT2D eigenvalue weighted by Crippen LogP contribution is 2.30. The first-order valence-corrected chi connectivity index (χ1v) is 10.2. The number of amides is 1. The van der Waals surface area contributed by atoms with Gasteiger partial charge in [-0.25, -0.2) is 8.42 Å². The molecule has 0 atom stereocenters. The largest absolute Gasteiger partial charge is 0.416 e. The van der Waals surface area contributed by atoms with E-state index in [0.29, 0.717) is 0 Å². The first-order chi connectivity index (χ1) is 14.2. The number of nitrogens with one attached hydrogen (secondary N) is 1. The number of anilines is 2. The molecule has 3 rings (SSSR count). The normalized spacial score (nSPS) is 11.7. The Labute approximate surface area is 171 Å². The summed E-state index contributed by atoms with van der Waals surface area (Å²) in [6.45, 7) is -0.553. The first-order valence-electron chi connectivity index (χ1n) is 8.78. The van der Waals surface area contributed by atoms with Crippen molar-refractivity contribution < 1.29 is 26.4 Å². The van der Waals surface area contributed by atoms with Gasteiger partial charge in [0, 0.05) is 5.69 Å². The molecular weight excluding hydrogens is 417 g/mol. The molecule has 0 aliphatic carbocycles.